The van der Waals surface area contributed by atoms with Crippen molar-refractivity contribution in [2.75, 3.05) is 0 Å². The van der Waals surface area contributed by atoms with Gasteiger partial charge in [0.25, 0.3) is 0 Å². The molecule has 0 heterocycles. The molecule has 1 aromatic rings. The second kappa shape index (κ2) is 4.41. The highest BCUT2D eigenvalue weighted by Gasteiger charge is 2.10. The first kappa shape index (κ1) is 11.0. The first-order valence-electron chi connectivity index (χ1n) is 5.07. The van der Waals surface area contributed by atoms with E-state index < -0.39 is 0 Å². The quantitative estimate of drug-likeness (QED) is 0.714. The molecule has 0 aliphatic rings. The molecule has 0 saturated heterocycles. The zero-order chi connectivity index (χ0) is 10.7. The fraction of sp³-hybridized carbons (Fsp3) is 0.462. The van der Waals surface area contributed by atoms with Gasteiger partial charge in [-0.2, -0.15) is 0 Å². The van der Waals surface area contributed by atoms with E-state index in [1.165, 1.54) is 16.7 Å². The highest BCUT2D eigenvalue weighted by Crippen LogP contribution is 2.23. The molecule has 1 atom stereocenters. The predicted octanol–water partition coefficient (Wildman–Crippen LogP) is 3.39. The van der Waals surface area contributed by atoms with E-state index in [4.69, 9.17) is 0 Å². The van der Waals surface area contributed by atoms with E-state index in [0.717, 1.165) is 0 Å². The van der Waals surface area contributed by atoms with Gasteiger partial charge in [-0.25, -0.2) is 0 Å². The summed E-state index contributed by atoms with van der Waals surface area (Å²) in [5, 5.41) is 0. The molecule has 1 nitrogen and oxygen atoms in total. The highest BCUT2D eigenvalue weighted by atomic mass is 16.1. The van der Waals surface area contributed by atoms with Crippen molar-refractivity contribution >= 4 is 5.78 Å². The van der Waals surface area contributed by atoms with Crippen LogP contribution in [0, 0.1) is 13.8 Å². The third kappa shape index (κ3) is 2.69. The summed E-state index contributed by atoms with van der Waals surface area (Å²) >= 11 is 0. The van der Waals surface area contributed by atoms with Crippen LogP contribution in [0.15, 0.2) is 18.2 Å². The van der Waals surface area contributed by atoms with E-state index in [9.17, 15) is 4.79 Å². The Hall–Kier alpha value is -1.11. The molecule has 0 N–H and O–H groups in total. The van der Waals surface area contributed by atoms with E-state index in [2.05, 4.69) is 39.0 Å². The van der Waals surface area contributed by atoms with Gasteiger partial charge >= 0.3 is 0 Å². The van der Waals surface area contributed by atoms with Crippen molar-refractivity contribution in [3.63, 3.8) is 0 Å². The lowest BCUT2D eigenvalue weighted by Gasteiger charge is -2.13. The molecule has 0 radical (unpaired) electrons. The van der Waals surface area contributed by atoms with Gasteiger partial charge in [-0.05, 0) is 37.8 Å². The number of hydrogen-bond acceptors (Lipinski definition) is 1. The Labute approximate surface area is 86.1 Å². The number of aryl methyl sites for hydroxylation is 2. The monoisotopic (exact) mass is 190 g/mol. The van der Waals surface area contributed by atoms with Crippen LogP contribution in [0.2, 0.25) is 0 Å². The largest absolute Gasteiger partial charge is 0.300 e. The van der Waals surface area contributed by atoms with Crippen LogP contribution in [0.25, 0.3) is 0 Å². The molecule has 1 rings (SSSR count). The molecule has 14 heavy (non-hydrogen) atoms. The van der Waals surface area contributed by atoms with E-state index in [-0.39, 0.29) is 5.78 Å². The van der Waals surface area contributed by atoms with Crippen molar-refractivity contribution in [2.45, 2.75) is 40.0 Å². The third-order valence-electron chi connectivity index (χ3n) is 2.56. The average molecular weight is 190 g/mol. The summed E-state index contributed by atoms with van der Waals surface area (Å²) in [6.45, 7) is 7.96. The summed E-state index contributed by atoms with van der Waals surface area (Å²) in [6, 6.07) is 6.42. The minimum atomic E-state index is 0.262. The average Bonchev–Trinajstić information content (AvgIpc) is 2.08. The summed E-state index contributed by atoms with van der Waals surface area (Å²) in [5.74, 6) is 0.603. The zero-order valence-electron chi connectivity index (χ0n) is 9.42. The summed E-state index contributed by atoms with van der Waals surface area (Å²) in [6.07, 6.45) is 0.643. The van der Waals surface area contributed by atoms with E-state index in [0.29, 0.717) is 12.3 Å². The second-order valence-electron chi connectivity index (χ2n) is 4.17. The zero-order valence-corrected chi connectivity index (χ0v) is 9.42. The molecule has 0 aliphatic carbocycles. The first-order valence-corrected chi connectivity index (χ1v) is 5.07. The molecular formula is C13H18O. The molecule has 1 unspecified atom stereocenters. The second-order valence-corrected chi connectivity index (χ2v) is 4.17. The van der Waals surface area contributed by atoms with Gasteiger partial charge in [0.05, 0.1) is 0 Å². The lowest BCUT2D eigenvalue weighted by molar-refractivity contribution is -0.117. The van der Waals surface area contributed by atoms with Crippen molar-refractivity contribution in [3.05, 3.63) is 34.9 Å². The van der Waals surface area contributed by atoms with Gasteiger partial charge < -0.3 is 4.79 Å². The minimum Gasteiger partial charge on any atom is -0.300 e. The number of rotatable bonds is 3. The molecule has 1 aromatic carbocycles. The van der Waals surface area contributed by atoms with Crippen LogP contribution in [0.3, 0.4) is 0 Å². The molecule has 0 aliphatic heterocycles. The van der Waals surface area contributed by atoms with Crippen molar-refractivity contribution in [3.8, 4) is 0 Å². The van der Waals surface area contributed by atoms with E-state index in [1.54, 1.807) is 6.92 Å². The predicted molar refractivity (Wildman–Crippen MR) is 59.6 cm³/mol. The Balaban J connectivity index is 2.93. The maximum Gasteiger partial charge on any atom is 0.130 e. The van der Waals surface area contributed by atoms with Crippen LogP contribution in [0.4, 0.5) is 0 Å². The van der Waals surface area contributed by atoms with Gasteiger partial charge in [0, 0.05) is 6.42 Å². The first-order chi connectivity index (χ1) is 6.50. The summed E-state index contributed by atoms with van der Waals surface area (Å²) in [7, 11) is 0. The van der Waals surface area contributed by atoms with Gasteiger partial charge in [-0.1, -0.05) is 30.7 Å². The summed E-state index contributed by atoms with van der Waals surface area (Å²) in [4.78, 5) is 11.0. The fourth-order valence-corrected chi connectivity index (χ4v) is 1.83. The molecule has 0 spiro atoms. The van der Waals surface area contributed by atoms with Crippen LogP contribution in [0.1, 0.15) is 42.9 Å². The van der Waals surface area contributed by atoms with E-state index in [1.807, 2.05) is 0 Å². The lowest BCUT2D eigenvalue weighted by atomic mass is 9.91. The Morgan fingerprint density at radius 2 is 2.00 bits per heavy atom. The molecule has 0 amide bonds. The summed E-state index contributed by atoms with van der Waals surface area (Å²) < 4.78 is 0. The van der Waals surface area contributed by atoms with Crippen LogP contribution < -0.4 is 0 Å². The number of carbonyl (C=O) groups is 1. The molecule has 1 heteroatoms. The fourth-order valence-electron chi connectivity index (χ4n) is 1.83. The number of Topliss-reactive ketones (excluding diaryl/α,β-unsaturated/α-hetero) is 1. The topological polar surface area (TPSA) is 17.1 Å². The number of carbonyl (C=O) groups excluding carboxylic acids is 1. The van der Waals surface area contributed by atoms with Gasteiger partial charge in [0.1, 0.15) is 5.78 Å². The van der Waals surface area contributed by atoms with Crippen molar-refractivity contribution in [1.29, 1.82) is 0 Å². The smallest absolute Gasteiger partial charge is 0.130 e. The molecule has 76 valence electrons. The molecule has 0 fully saturated rings. The molecule has 0 aromatic heterocycles. The minimum absolute atomic E-state index is 0.262. The van der Waals surface area contributed by atoms with E-state index >= 15 is 0 Å². The van der Waals surface area contributed by atoms with Crippen LogP contribution >= 0.6 is 0 Å². The van der Waals surface area contributed by atoms with Crippen molar-refractivity contribution < 1.29 is 4.79 Å². The number of hydrogen-bond donors (Lipinski definition) is 0. The standard InChI is InChI=1S/C13H18O/c1-9-5-6-10(2)13(7-9)11(3)8-12(4)14/h5-7,11H,8H2,1-4H3. The number of benzene rings is 1. The normalized spacial score (nSPS) is 12.6. The van der Waals surface area contributed by atoms with Crippen LogP contribution in [-0.2, 0) is 4.79 Å². The highest BCUT2D eigenvalue weighted by molar-refractivity contribution is 5.76. The number of ketones is 1. The SMILES string of the molecule is CC(=O)CC(C)c1cc(C)ccc1C. The van der Waals surface area contributed by atoms with Crippen molar-refractivity contribution in [2.24, 2.45) is 0 Å². The van der Waals surface area contributed by atoms with Gasteiger partial charge in [-0.15, -0.1) is 0 Å². The molecular weight excluding hydrogens is 172 g/mol. The Kier molecular flexibility index (Phi) is 3.45. The Bertz CT molecular complexity index is 339. The molecule has 0 bridgehead atoms. The maximum absolute atomic E-state index is 11.0. The van der Waals surface area contributed by atoms with Crippen molar-refractivity contribution in [1.82, 2.24) is 0 Å². The Morgan fingerprint density at radius 3 is 2.57 bits per heavy atom. The third-order valence-corrected chi connectivity index (χ3v) is 2.56. The maximum atomic E-state index is 11.0. The summed E-state index contributed by atoms with van der Waals surface area (Å²) in [5.41, 5.74) is 3.85. The van der Waals surface area contributed by atoms with Gasteiger partial charge in [0.2, 0.25) is 0 Å². The van der Waals surface area contributed by atoms with Gasteiger partial charge in [0.15, 0.2) is 0 Å². The Morgan fingerprint density at radius 1 is 1.36 bits per heavy atom. The van der Waals surface area contributed by atoms with Crippen LogP contribution in [0.5, 0.6) is 0 Å². The van der Waals surface area contributed by atoms with Crippen LogP contribution in [-0.4, -0.2) is 5.78 Å². The van der Waals surface area contributed by atoms with Gasteiger partial charge in [-0.3, -0.25) is 0 Å². The molecule has 0 saturated carbocycles. The lowest BCUT2D eigenvalue weighted by Crippen LogP contribution is -2.02.